The fourth-order valence-corrected chi connectivity index (χ4v) is 1.17. The third-order valence-corrected chi connectivity index (χ3v) is 2.06. The van der Waals surface area contributed by atoms with Crippen LogP contribution in [0.2, 0.25) is 0 Å². The SMILES string of the molecule is CC[C@@H](NC(=O)c1cccnc1)C(=O)NO. The van der Waals surface area contributed by atoms with Crippen molar-refractivity contribution >= 4 is 11.8 Å². The largest absolute Gasteiger partial charge is 0.340 e. The molecule has 0 spiro atoms. The van der Waals surface area contributed by atoms with Crippen molar-refractivity contribution < 1.29 is 14.8 Å². The molecule has 1 aromatic heterocycles. The molecule has 0 unspecified atom stereocenters. The van der Waals surface area contributed by atoms with Crippen LogP contribution in [0.3, 0.4) is 0 Å². The number of hydroxylamine groups is 1. The van der Waals surface area contributed by atoms with Crippen LogP contribution in [-0.4, -0.2) is 28.0 Å². The molecule has 0 bridgehead atoms. The standard InChI is InChI=1S/C10H13N3O3/c1-2-8(10(15)13-16)12-9(14)7-4-3-5-11-6-7/h3-6,8,16H,2H2,1H3,(H,12,14)(H,13,15)/t8-/m1/s1. The van der Waals surface area contributed by atoms with Crippen LogP contribution < -0.4 is 10.8 Å². The van der Waals surface area contributed by atoms with E-state index in [1.807, 2.05) is 0 Å². The Morgan fingerprint density at radius 1 is 1.56 bits per heavy atom. The molecule has 1 aromatic rings. The first-order chi connectivity index (χ1) is 7.69. The molecular formula is C10H13N3O3. The third-order valence-electron chi connectivity index (χ3n) is 2.06. The first-order valence-corrected chi connectivity index (χ1v) is 4.83. The number of amides is 2. The molecule has 16 heavy (non-hydrogen) atoms. The van der Waals surface area contributed by atoms with Gasteiger partial charge in [0.2, 0.25) is 0 Å². The Labute approximate surface area is 92.6 Å². The van der Waals surface area contributed by atoms with Gasteiger partial charge < -0.3 is 5.32 Å². The number of aromatic nitrogens is 1. The van der Waals surface area contributed by atoms with Crippen LogP contribution in [0.25, 0.3) is 0 Å². The molecule has 6 nitrogen and oxygen atoms in total. The van der Waals surface area contributed by atoms with Crippen LogP contribution in [-0.2, 0) is 4.79 Å². The second kappa shape index (κ2) is 5.82. The third kappa shape index (κ3) is 3.03. The van der Waals surface area contributed by atoms with E-state index in [1.165, 1.54) is 11.7 Å². The smallest absolute Gasteiger partial charge is 0.265 e. The fraction of sp³-hybridized carbons (Fsp3) is 0.300. The Kier molecular flexibility index (Phi) is 4.41. The van der Waals surface area contributed by atoms with E-state index in [2.05, 4.69) is 10.3 Å². The minimum absolute atomic E-state index is 0.367. The molecule has 1 rings (SSSR count). The van der Waals surface area contributed by atoms with Crippen molar-refractivity contribution in [1.29, 1.82) is 0 Å². The molecule has 1 heterocycles. The maximum atomic E-state index is 11.6. The van der Waals surface area contributed by atoms with E-state index in [-0.39, 0.29) is 0 Å². The molecule has 86 valence electrons. The zero-order valence-corrected chi connectivity index (χ0v) is 8.80. The van der Waals surface area contributed by atoms with Gasteiger partial charge >= 0.3 is 0 Å². The van der Waals surface area contributed by atoms with Crippen LogP contribution in [0.5, 0.6) is 0 Å². The van der Waals surface area contributed by atoms with Crippen molar-refractivity contribution in [1.82, 2.24) is 15.8 Å². The number of rotatable bonds is 4. The minimum atomic E-state index is -0.752. The Balaban J connectivity index is 2.66. The fourth-order valence-electron chi connectivity index (χ4n) is 1.17. The predicted octanol–water partition coefficient (Wildman–Crippen LogP) is 0.0954. The summed E-state index contributed by atoms with van der Waals surface area (Å²) >= 11 is 0. The Morgan fingerprint density at radius 2 is 2.31 bits per heavy atom. The summed E-state index contributed by atoms with van der Waals surface area (Å²) in [5.41, 5.74) is 1.87. The second-order valence-electron chi connectivity index (χ2n) is 3.15. The monoisotopic (exact) mass is 223 g/mol. The van der Waals surface area contributed by atoms with Gasteiger partial charge in [0.15, 0.2) is 0 Å². The maximum Gasteiger partial charge on any atom is 0.265 e. The Bertz CT molecular complexity index is 367. The lowest BCUT2D eigenvalue weighted by Gasteiger charge is -2.14. The van der Waals surface area contributed by atoms with Crippen LogP contribution >= 0.6 is 0 Å². The van der Waals surface area contributed by atoms with Crippen LogP contribution in [0, 0.1) is 0 Å². The summed E-state index contributed by atoms with van der Waals surface area (Å²) in [4.78, 5) is 26.5. The van der Waals surface area contributed by atoms with Crippen LogP contribution in [0.4, 0.5) is 0 Å². The number of hydrogen-bond donors (Lipinski definition) is 3. The van der Waals surface area contributed by atoms with Crippen molar-refractivity contribution in [3.8, 4) is 0 Å². The topological polar surface area (TPSA) is 91.3 Å². The van der Waals surface area contributed by atoms with Crippen molar-refractivity contribution in [2.24, 2.45) is 0 Å². The average Bonchev–Trinajstić information content (AvgIpc) is 2.35. The van der Waals surface area contributed by atoms with Gasteiger partial charge in [-0.05, 0) is 18.6 Å². The Hall–Kier alpha value is -1.95. The number of pyridine rings is 1. The highest BCUT2D eigenvalue weighted by atomic mass is 16.5. The molecule has 0 aromatic carbocycles. The second-order valence-corrected chi connectivity index (χ2v) is 3.15. The highest BCUT2D eigenvalue weighted by molar-refractivity contribution is 5.97. The highest BCUT2D eigenvalue weighted by Crippen LogP contribution is 1.98. The van der Waals surface area contributed by atoms with Gasteiger partial charge in [-0.1, -0.05) is 6.92 Å². The molecule has 0 aliphatic carbocycles. The van der Waals surface area contributed by atoms with Gasteiger partial charge in [-0.2, -0.15) is 0 Å². The summed E-state index contributed by atoms with van der Waals surface area (Å²) in [6.45, 7) is 1.73. The van der Waals surface area contributed by atoms with E-state index in [0.717, 1.165) is 0 Å². The molecular weight excluding hydrogens is 210 g/mol. The lowest BCUT2D eigenvalue weighted by Crippen LogP contribution is -2.45. The summed E-state index contributed by atoms with van der Waals surface area (Å²) in [6.07, 6.45) is 3.34. The highest BCUT2D eigenvalue weighted by Gasteiger charge is 2.18. The van der Waals surface area contributed by atoms with Gasteiger partial charge in [0.25, 0.3) is 11.8 Å². The normalized spacial score (nSPS) is 11.6. The maximum absolute atomic E-state index is 11.6. The number of carbonyl (C=O) groups is 2. The summed E-state index contributed by atoms with van der Waals surface area (Å²) in [5, 5.41) is 10.9. The zero-order valence-electron chi connectivity index (χ0n) is 8.80. The predicted molar refractivity (Wildman–Crippen MR) is 55.7 cm³/mol. The molecule has 0 saturated heterocycles. The van der Waals surface area contributed by atoms with Crippen LogP contribution in [0.1, 0.15) is 23.7 Å². The van der Waals surface area contributed by atoms with Crippen molar-refractivity contribution in [2.45, 2.75) is 19.4 Å². The summed E-state index contributed by atoms with van der Waals surface area (Å²) in [5.74, 6) is -1.04. The van der Waals surface area contributed by atoms with E-state index >= 15 is 0 Å². The first kappa shape index (κ1) is 12.1. The van der Waals surface area contributed by atoms with Crippen LogP contribution in [0.15, 0.2) is 24.5 Å². The van der Waals surface area contributed by atoms with E-state index in [1.54, 1.807) is 25.3 Å². The molecule has 2 amide bonds. The molecule has 0 saturated carbocycles. The van der Waals surface area contributed by atoms with Gasteiger partial charge in [0, 0.05) is 12.4 Å². The minimum Gasteiger partial charge on any atom is -0.340 e. The molecule has 0 fully saturated rings. The van der Waals surface area contributed by atoms with Crippen molar-refractivity contribution in [2.75, 3.05) is 0 Å². The molecule has 0 radical (unpaired) electrons. The number of nitrogens with zero attached hydrogens (tertiary/aromatic N) is 1. The molecule has 0 aliphatic rings. The quantitative estimate of drug-likeness (QED) is 0.498. The van der Waals surface area contributed by atoms with E-state index in [0.29, 0.717) is 12.0 Å². The van der Waals surface area contributed by atoms with Crippen molar-refractivity contribution in [3.63, 3.8) is 0 Å². The average molecular weight is 223 g/mol. The van der Waals surface area contributed by atoms with Gasteiger partial charge in [-0.15, -0.1) is 0 Å². The van der Waals surface area contributed by atoms with E-state index < -0.39 is 17.9 Å². The number of nitrogens with one attached hydrogen (secondary N) is 2. The van der Waals surface area contributed by atoms with Gasteiger partial charge in [-0.3, -0.25) is 19.8 Å². The van der Waals surface area contributed by atoms with Gasteiger partial charge in [0.05, 0.1) is 5.56 Å². The number of carbonyl (C=O) groups excluding carboxylic acids is 2. The zero-order chi connectivity index (χ0) is 12.0. The molecule has 0 aliphatic heterocycles. The molecule has 6 heteroatoms. The van der Waals surface area contributed by atoms with Crippen molar-refractivity contribution in [3.05, 3.63) is 30.1 Å². The lowest BCUT2D eigenvalue weighted by molar-refractivity contribution is -0.131. The van der Waals surface area contributed by atoms with Gasteiger partial charge in [-0.25, -0.2) is 5.48 Å². The summed E-state index contributed by atoms with van der Waals surface area (Å²) < 4.78 is 0. The number of hydrogen-bond acceptors (Lipinski definition) is 4. The first-order valence-electron chi connectivity index (χ1n) is 4.83. The van der Waals surface area contributed by atoms with E-state index in [9.17, 15) is 9.59 Å². The molecule has 3 N–H and O–H groups in total. The van der Waals surface area contributed by atoms with E-state index in [4.69, 9.17) is 5.21 Å². The van der Waals surface area contributed by atoms with Gasteiger partial charge in [0.1, 0.15) is 6.04 Å². The summed E-state index contributed by atoms with van der Waals surface area (Å²) in [6, 6.07) is 2.46. The Morgan fingerprint density at radius 3 is 2.81 bits per heavy atom. The molecule has 1 atom stereocenters. The summed E-state index contributed by atoms with van der Waals surface area (Å²) in [7, 11) is 0. The lowest BCUT2D eigenvalue weighted by atomic mass is 10.2.